The molecule has 4 rings (SSSR count). The summed E-state index contributed by atoms with van der Waals surface area (Å²) in [7, 11) is -3.79. The molecule has 0 aliphatic heterocycles. The number of hydrogen-bond acceptors (Lipinski definition) is 4. The summed E-state index contributed by atoms with van der Waals surface area (Å²) in [6.07, 6.45) is 9.88. The molecule has 5 nitrogen and oxygen atoms in total. The Morgan fingerprint density at radius 1 is 1.09 bits per heavy atom. The molecule has 2 aliphatic carbocycles. The normalized spacial score (nSPS) is 17.5. The van der Waals surface area contributed by atoms with Crippen molar-refractivity contribution < 1.29 is 13.2 Å². The molecule has 0 bridgehead atoms. The first-order valence-corrected chi connectivity index (χ1v) is 14.6. The minimum atomic E-state index is -3.79. The second kappa shape index (κ2) is 10.3. The fraction of sp³-hybridized carbons (Fsp3) is 0.577. The summed E-state index contributed by atoms with van der Waals surface area (Å²) in [5.41, 5.74) is 2.61. The van der Waals surface area contributed by atoms with Crippen molar-refractivity contribution in [2.45, 2.75) is 88.4 Å². The van der Waals surface area contributed by atoms with Gasteiger partial charge in [-0.25, -0.2) is 13.6 Å². The van der Waals surface area contributed by atoms with Crippen molar-refractivity contribution in [2.24, 2.45) is 17.0 Å². The Kier molecular flexibility index (Phi) is 7.61. The zero-order valence-corrected chi connectivity index (χ0v) is 21.4. The molecule has 0 unspecified atom stereocenters. The lowest BCUT2D eigenvalue weighted by Crippen LogP contribution is -2.34. The first-order chi connectivity index (χ1) is 15.7. The number of thiophene rings is 1. The highest BCUT2D eigenvalue weighted by molar-refractivity contribution is 7.91. The molecule has 0 spiro atoms. The lowest BCUT2D eigenvalue weighted by Gasteiger charge is -2.27. The first-order valence-electron chi connectivity index (χ1n) is 12.2. The molecule has 180 valence electrons. The molecule has 2 fully saturated rings. The van der Waals surface area contributed by atoms with Crippen molar-refractivity contribution in [3.05, 3.63) is 40.8 Å². The number of amides is 1. The summed E-state index contributed by atoms with van der Waals surface area (Å²) in [5, 5.41) is 5.52. The molecular formula is C26H36N2O3S2. The highest BCUT2D eigenvalue weighted by Gasteiger charge is 2.33. The lowest BCUT2D eigenvalue weighted by atomic mass is 9.86. The predicted octanol–water partition coefficient (Wildman–Crippen LogP) is 5.72. The summed E-state index contributed by atoms with van der Waals surface area (Å²) in [5.74, 6) is 1.28. The van der Waals surface area contributed by atoms with E-state index in [4.69, 9.17) is 5.14 Å². The van der Waals surface area contributed by atoms with Crippen LogP contribution in [-0.2, 0) is 27.8 Å². The van der Waals surface area contributed by atoms with E-state index in [9.17, 15) is 13.2 Å². The molecule has 0 radical (unpaired) electrons. The van der Waals surface area contributed by atoms with Gasteiger partial charge in [-0.05, 0) is 61.1 Å². The summed E-state index contributed by atoms with van der Waals surface area (Å²) < 4.78 is 24.6. The van der Waals surface area contributed by atoms with Gasteiger partial charge in [0, 0.05) is 29.4 Å². The lowest BCUT2D eigenvalue weighted by molar-refractivity contribution is -0.133. The van der Waals surface area contributed by atoms with Gasteiger partial charge in [0.25, 0.3) is 0 Å². The molecule has 1 aromatic heterocycles. The van der Waals surface area contributed by atoms with Gasteiger partial charge in [-0.1, -0.05) is 57.4 Å². The minimum absolute atomic E-state index is 0.230. The van der Waals surface area contributed by atoms with Gasteiger partial charge in [0.15, 0.2) is 0 Å². The first kappa shape index (κ1) is 24.4. The molecule has 0 saturated heterocycles. The second-order valence-corrected chi connectivity index (χ2v) is 13.1. The summed E-state index contributed by atoms with van der Waals surface area (Å²) in [4.78, 5) is 16.2. The molecule has 1 heterocycles. The van der Waals surface area contributed by atoms with Crippen molar-refractivity contribution in [1.82, 2.24) is 4.90 Å². The number of carbonyl (C=O) groups excluding carboxylic acids is 1. The zero-order valence-electron chi connectivity index (χ0n) is 19.8. The molecule has 7 heteroatoms. The van der Waals surface area contributed by atoms with Gasteiger partial charge in [0.1, 0.15) is 4.21 Å². The van der Waals surface area contributed by atoms with Crippen molar-refractivity contribution in [3.8, 4) is 11.1 Å². The maximum atomic E-state index is 13.1. The molecule has 33 heavy (non-hydrogen) atoms. The maximum Gasteiger partial charge on any atom is 0.248 e. The third-order valence-corrected chi connectivity index (χ3v) is 9.37. The summed E-state index contributed by atoms with van der Waals surface area (Å²) in [6.45, 7) is 4.86. The average Bonchev–Trinajstić information content (AvgIpc) is 3.51. The van der Waals surface area contributed by atoms with Gasteiger partial charge in [0.2, 0.25) is 15.9 Å². The third-order valence-electron chi connectivity index (χ3n) is 6.73. The van der Waals surface area contributed by atoms with E-state index in [1.54, 1.807) is 0 Å². The van der Waals surface area contributed by atoms with Crippen LogP contribution >= 0.6 is 11.3 Å². The molecule has 2 N–H and O–H groups in total. The van der Waals surface area contributed by atoms with Crippen LogP contribution in [0.4, 0.5) is 0 Å². The van der Waals surface area contributed by atoms with E-state index in [0.29, 0.717) is 42.3 Å². The minimum Gasteiger partial charge on any atom is -0.335 e. The van der Waals surface area contributed by atoms with Crippen LogP contribution in [-0.4, -0.2) is 25.3 Å². The van der Waals surface area contributed by atoms with Crippen LogP contribution in [0.25, 0.3) is 11.1 Å². The van der Waals surface area contributed by atoms with Gasteiger partial charge in [-0.2, -0.15) is 0 Å². The third kappa shape index (κ3) is 6.46. The van der Waals surface area contributed by atoms with E-state index in [2.05, 4.69) is 18.7 Å². The number of nitrogens with zero attached hydrogens (tertiary/aromatic N) is 1. The molecule has 2 saturated carbocycles. The number of sulfonamides is 1. The van der Waals surface area contributed by atoms with Gasteiger partial charge >= 0.3 is 0 Å². The molecule has 2 aliphatic rings. The van der Waals surface area contributed by atoms with Crippen LogP contribution in [0.15, 0.2) is 34.5 Å². The standard InChI is InChI=1S/C26H36N2O3S2/c1-18(2)14-23-16-24(26(32-23)33(27,30)31)21-10-8-20(9-11-21)17-28(22-12-13-22)25(29)15-19-6-4-3-5-7-19/h8-11,16,18-19,22H,3-7,12-15,17H2,1-2H3,(H2,27,30,31). The van der Waals surface area contributed by atoms with Crippen molar-refractivity contribution in [1.29, 1.82) is 0 Å². The van der Waals surface area contributed by atoms with Gasteiger partial charge in [-0.3, -0.25) is 4.79 Å². The highest BCUT2D eigenvalue weighted by atomic mass is 32.2. The highest BCUT2D eigenvalue weighted by Crippen LogP contribution is 2.36. The number of primary sulfonamides is 1. The zero-order chi connectivity index (χ0) is 23.6. The van der Waals surface area contributed by atoms with Crippen molar-refractivity contribution in [2.75, 3.05) is 0 Å². The Morgan fingerprint density at radius 2 is 1.76 bits per heavy atom. The summed E-state index contributed by atoms with van der Waals surface area (Å²) >= 11 is 1.27. The Morgan fingerprint density at radius 3 is 2.33 bits per heavy atom. The smallest absolute Gasteiger partial charge is 0.248 e. The number of carbonyl (C=O) groups is 1. The number of nitrogens with two attached hydrogens (primary N) is 1. The SMILES string of the molecule is CC(C)Cc1cc(-c2ccc(CN(C(=O)CC3CCCCC3)C3CC3)cc2)c(S(N)(=O)=O)s1. The van der Waals surface area contributed by atoms with Crippen LogP contribution in [0.1, 0.15) is 75.7 Å². The van der Waals surface area contributed by atoms with E-state index >= 15 is 0 Å². The molecular weight excluding hydrogens is 452 g/mol. The van der Waals surface area contributed by atoms with Crippen LogP contribution in [0.3, 0.4) is 0 Å². The van der Waals surface area contributed by atoms with E-state index in [1.165, 1.54) is 43.4 Å². The second-order valence-electron chi connectivity index (χ2n) is 10.2. The van der Waals surface area contributed by atoms with E-state index in [0.717, 1.165) is 35.3 Å². The van der Waals surface area contributed by atoms with Crippen LogP contribution in [0.2, 0.25) is 0 Å². The molecule has 0 atom stereocenters. The Bertz CT molecular complexity index is 1060. The molecule has 1 amide bonds. The topological polar surface area (TPSA) is 80.5 Å². The van der Waals surface area contributed by atoms with Crippen LogP contribution in [0.5, 0.6) is 0 Å². The van der Waals surface area contributed by atoms with Crippen molar-refractivity contribution in [3.63, 3.8) is 0 Å². The Balaban J connectivity index is 1.49. The maximum absolute atomic E-state index is 13.1. The van der Waals surface area contributed by atoms with Gasteiger partial charge in [-0.15, -0.1) is 11.3 Å². The van der Waals surface area contributed by atoms with Crippen LogP contribution in [0, 0.1) is 11.8 Å². The Labute approximate surface area is 202 Å². The molecule has 2 aromatic rings. The van der Waals surface area contributed by atoms with E-state index in [-0.39, 0.29) is 4.21 Å². The van der Waals surface area contributed by atoms with Gasteiger partial charge < -0.3 is 4.90 Å². The van der Waals surface area contributed by atoms with Gasteiger partial charge in [0.05, 0.1) is 0 Å². The number of hydrogen-bond donors (Lipinski definition) is 1. The largest absolute Gasteiger partial charge is 0.335 e. The predicted molar refractivity (Wildman–Crippen MR) is 134 cm³/mol. The average molecular weight is 489 g/mol. The number of rotatable bonds is 9. The quantitative estimate of drug-likeness (QED) is 0.490. The Hall–Kier alpha value is -1.70. The van der Waals surface area contributed by atoms with E-state index < -0.39 is 10.0 Å². The molecule has 1 aromatic carbocycles. The monoisotopic (exact) mass is 488 g/mol. The fourth-order valence-electron chi connectivity index (χ4n) is 4.89. The number of benzene rings is 1. The van der Waals surface area contributed by atoms with Crippen molar-refractivity contribution >= 4 is 27.3 Å². The summed E-state index contributed by atoms with van der Waals surface area (Å²) in [6, 6.07) is 10.3. The van der Waals surface area contributed by atoms with Crippen LogP contribution < -0.4 is 5.14 Å². The fourth-order valence-corrected chi connectivity index (χ4v) is 7.28. The van der Waals surface area contributed by atoms with E-state index in [1.807, 2.05) is 30.3 Å².